The quantitative estimate of drug-likeness (QED) is 0.0415. The van der Waals surface area contributed by atoms with Crippen LogP contribution in [0.3, 0.4) is 0 Å². The van der Waals surface area contributed by atoms with Gasteiger partial charge in [0.15, 0.2) is 6.29 Å². The van der Waals surface area contributed by atoms with Crippen molar-refractivity contribution in [3.63, 3.8) is 0 Å². The number of carbonyl (C=O) groups excluding carboxylic acids is 5. The predicted molar refractivity (Wildman–Crippen MR) is 192 cm³/mol. The second-order valence-electron chi connectivity index (χ2n) is 15.5. The molecule has 17 nitrogen and oxygen atoms in total. The SMILES string of the molecule is CC(=O)N[C@H]1[C@@H](OCCCC(F)(F)C(F)(F)C(F)(F)C(F)(F)C(F)(F)C(F)(F)C(F)(F)C(F)(F)F)O[C@H](CO)[C@@H](O)[C@@H]1O[C@H](C)C(=O)N[C@@H](CCCCNC(=O)C(F)(F)F)C(=O)N[C@H](CCC(=O)O)C(N)=O. The summed E-state index contributed by atoms with van der Waals surface area (Å²) in [6.45, 7) is -2.00. The number of carboxylic acids is 1. The number of nitrogens with one attached hydrogen (secondary N) is 4. The Morgan fingerprint density at radius 3 is 1.65 bits per heavy atom. The topological polar surface area (TPSA) is 265 Å². The van der Waals surface area contributed by atoms with E-state index in [4.69, 9.17) is 25.1 Å². The molecule has 0 aliphatic carbocycles. The molecule has 0 spiro atoms. The van der Waals surface area contributed by atoms with Crippen LogP contribution in [0.4, 0.5) is 87.8 Å². The van der Waals surface area contributed by atoms with Gasteiger partial charge in [0.05, 0.1) is 13.2 Å². The lowest BCUT2D eigenvalue weighted by molar-refractivity contribution is -0.461. The van der Waals surface area contributed by atoms with E-state index in [1.807, 2.05) is 10.6 Å². The third kappa shape index (κ3) is 14.7. The second-order valence-corrected chi connectivity index (χ2v) is 15.5. The first-order valence-corrected chi connectivity index (χ1v) is 20.0. The van der Waals surface area contributed by atoms with Gasteiger partial charge in [-0.15, -0.1) is 0 Å². The van der Waals surface area contributed by atoms with Gasteiger partial charge in [-0.1, -0.05) is 0 Å². The average Bonchev–Trinajstić information content (AvgIpc) is 3.23. The number of carboxylic acid groups (broad SMARTS) is 1. The molecule has 0 unspecified atom stereocenters. The van der Waals surface area contributed by atoms with Crippen molar-refractivity contribution in [2.24, 2.45) is 5.73 Å². The van der Waals surface area contributed by atoms with Crippen LogP contribution >= 0.6 is 0 Å². The molecule has 8 atom stereocenters. The molecule has 1 heterocycles. The number of aliphatic hydroxyl groups excluding tert-OH is 2. The largest absolute Gasteiger partial charge is 0.481 e. The van der Waals surface area contributed by atoms with E-state index in [0.717, 1.165) is 6.92 Å². The van der Waals surface area contributed by atoms with E-state index in [1.165, 1.54) is 5.32 Å². The van der Waals surface area contributed by atoms with Crippen molar-refractivity contribution in [2.45, 2.75) is 161 Å². The summed E-state index contributed by atoms with van der Waals surface area (Å²) < 4.78 is 286. The Morgan fingerprint density at radius 2 is 1.19 bits per heavy atom. The molecule has 5 amide bonds. The molecule has 1 rings (SSSR count). The number of primary amides is 1. The van der Waals surface area contributed by atoms with Crippen LogP contribution in [0.5, 0.6) is 0 Å². The van der Waals surface area contributed by atoms with Crippen LogP contribution in [0.1, 0.15) is 58.8 Å². The molecule has 0 bridgehead atoms. The van der Waals surface area contributed by atoms with E-state index in [0.29, 0.717) is 6.92 Å². The first kappa shape index (κ1) is 65.2. The normalized spacial score (nSPS) is 21.2. The molecule has 0 radical (unpaired) electrons. The number of amides is 5. The molecule has 1 aliphatic heterocycles. The zero-order valence-electron chi connectivity index (χ0n) is 36.3. The van der Waals surface area contributed by atoms with Gasteiger partial charge in [0.2, 0.25) is 23.6 Å². The van der Waals surface area contributed by atoms with E-state index in [9.17, 15) is 127 Å². The van der Waals surface area contributed by atoms with Crippen LogP contribution in [-0.4, -0.2) is 173 Å². The number of aliphatic hydroxyl groups is 2. The van der Waals surface area contributed by atoms with Gasteiger partial charge in [0, 0.05) is 26.3 Å². The van der Waals surface area contributed by atoms with Crippen LogP contribution < -0.4 is 27.0 Å². The smallest absolute Gasteiger partial charge is 0.471 e. The number of aliphatic carboxylic acids is 1. The number of alkyl halides is 20. The first-order valence-electron chi connectivity index (χ1n) is 20.0. The van der Waals surface area contributed by atoms with Crippen LogP contribution in [0.15, 0.2) is 0 Å². The molecule has 72 heavy (non-hydrogen) atoms. The molecule has 1 aliphatic rings. The Balaban J connectivity index is 3.40. The molecule has 9 N–H and O–H groups in total. The van der Waals surface area contributed by atoms with E-state index in [2.05, 4.69) is 5.32 Å². The number of ether oxygens (including phenoxy) is 3. The fourth-order valence-electron chi connectivity index (χ4n) is 6.06. The maximum atomic E-state index is 14.6. The Labute approximate surface area is 390 Å². The van der Waals surface area contributed by atoms with Gasteiger partial charge in [-0.2, -0.15) is 87.8 Å². The lowest BCUT2D eigenvalue weighted by Gasteiger charge is -2.45. The maximum Gasteiger partial charge on any atom is 0.471 e. The number of nitrogens with two attached hydrogens (primary N) is 1. The molecular formula is C35H43F20N5O12. The number of hydrogen-bond donors (Lipinski definition) is 8. The van der Waals surface area contributed by atoms with Crippen molar-refractivity contribution in [3.8, 4) is 0 Å². The molecule has 420 valence electrons. The number of unbranched alkanes of at least 4 members (excludes halogenated alkanes) is 1. The third-order valence-electron chi connectivity index (χ3n) is 10.1. The van der Waals surface area contributed by atoms with Crippen LogP contribution in [0.25, 0.3) is 0 Å². The lowest BCUT2D eigenvalue weighted by Crippen LogP contribution is -2.74. The van der Waals surface area contributed by atoms with Gasteiger partial charge in [-0.3, -0.25) is 28.8 Å². The molecule has 37 heteroatoms. The predicted octanol–water partition coefficient (Wildman–Crippen LogP) is 3.32. The molecule has 0 aromatic heterocycles. The third-order valence-corrected chi connectivity index (χ3v) is 10.1. The van der Waals surface area contributed by atoms with Crippen molar-refractivity contribution in [1.29, 1.82) is 0 Å². The Bertz CT molecular complexity index is 1900. The zero-order chi connectivity index (χ0) is 56.6. The Morgan fingerprint density at radius 1 is 0.694 bits per heavy atom. The molecule has 1 saturated heterocycles. The molecule has 0 aromatic carbocycles. The summed E-state index contributed by atoms with van der Waals surface area (Å²) in [6, 6.07) is -5.61. The van der Waals surface area contributed by atoms with E-state index in [1.54, 1.807) is 0 Å². The van der Waals surface area contributed by atoms with E-state index in [-0.39, 0.29) is 12.8 Å². The summed E-state index contributed by atoms with van der Waals surface area (Å²) >= 11 is 0. The van der Waals surface area contributed by atoms with E-state index < -0.39 is 190 Å². The fourth-order valence-corrected chi connectivity index (χ4v) is 6.06. The number of rotatable bonds is 28. The van der Waals surface area contributed by atoms with Crippen molar-refractivity contribution in [3.05, 3.63) is 0 Å². The van der Waals surface area contributed by atoms with E-state index >= 15 is 0 Å². The summed E-state index contributed by atoms with van der Waals surface area (Å²) in [6.07, 6.45) is -31.2. The highest BCUT2D eigenvalue weighted by Gasteiger charge is 2.95. The molecule has 0 saturated carbocycles. The van der Waals surface area contributed by atoms with Gasteiger partial charge >= 0.3 is 65.7 Å². The second kappa shape index (κ2) is 24.1. The van der Waals surface area contributed by atoms with Crippen LogP contribution in [0.2, 0.25) is 0 Å². The minimum atomic E-state index is -8.85. The fraction of sp³-hybridized carbons (Fsp3) is 0.829. The summed E-state index contributed by atoms with van der Waals surface area (Å²) in [5, 5.41) is 37.3. The van der Waals surface area contributed by atoms with Gasteiger partial charge in [0.25, 0.3) is 0 Å². The number of carbonyl (C=O) groups is 6. The average molecular weight is 1110 g/mol. The number of halogens is 20. The molecule has 0 aromatic rings. The van der Waals surface area contributed by atoms with Gasteiger partial charge in [0.1, 0.15) is 42.5 Å². The van der Waals surface area contributed by atoms with Crippen molar-refractivity contribution >= 4 is 35.5 Å². The number of hydrogen-bond acceptors (Lipinski definition) is 11. The minimum absolute atomic E-state index is 0.303. The molecule has 1 fully saturated rings. The Hall–Kier alpha value is -4.78. The van der Waals surface area contributed by atoms with Crippen LogP contribution in [-0.2, 0) is 43.0 Å². The standard InChI is InChI=1S/C35H43F20N5O12/c1-13(23(67)60-16(6-3-4-10-57-26(69)28(38,39)40)24(68)59-15(22(56)66)7-8-18(63)64)71-21-19(58-14(2)62)25(72-17(12-61)20(21)65)70-11-5-9-27(36,37)29(41,42)30(43,44)31(45,46)32(47,48)33(49,50)34(51,52)35(53,54)55/h13,15-17,19-21,25,61,65H,3-12H2,1-2H3,(H2,56,66)(H,57,69)(H,58,62)(H,59,68)(H,60,67)(H,63,64)/t13-,15-,16+,17-,19-,20-,21-,25+/m1/s1. The highest BCUT2D eigenvalue weighted by Crippen LogP contribution is 2.64. The molecular weight excluding hydrogens is 1060 g/mol. The highest BCUT2D eigenvalue weighted by molar-refractivity contribution is 5.92. The van der Waals surface area contributed by atoms with Crippen LogP contribution in [0, 0.1) is 0 Å². The highest BCUT2D eigenvalue weighted by atomic mass is 19.4. The Kier molecular flexibility index (Phi) is 21.8. The summed E-state index contributed by atoms with van der Waals surface area (Å²) in [4.78, 5) is 72.8. The first-order chi connectivity index (χ1) is 32.3. The summed E-state index contributed by atoms with van der Waals surface area (Å²) in [5.74, 6) is -67.0. The van der Waals surface area contributed by atoms with Crippen molar-refractivity contribution in [1.82, 2.24) is 21.3 Å². The van der Waals surface area contributed by atoms with Crippen molar-refractivity contribution in [2.75, 3.05) is 19.8 Å². The monoisotopic (exact) mass is 1110 g/mol. The van der Waals surface area contributed by atoms with Gasteiger partial charge in [-0.05, 0) is 39.0 Å². The summed E-state index contributed by atoms with van der Waals surface area (Å²) in [5.41, 5.74) is 5.19. The van der Waals surface area contributed by atoms with Crippen molar-refractivity contribution < 1.29 is 146 Å². The summed E-state index contributed by atoms with van der Waals surface area (Å²) in [7, 11) is 0. The van der Waals surface area contributed by atoms with Gasteiger partial charge in [-0.25, -0.2) is 0 Å². The minimum Gasteiger partial charge on any atom is -0.481 e. The van der Waals surface area contributed by atoms with Gasteiger partial charge < -0.3 is 56.5 Å². The zero-order valence-corrected chi connectivity index (χ0v) is 36.3. The maximum absolute atomic E-state index is 14.6. The lowest BCUT2D eigenvalue weighted by atomic mass is 9.88.